The predicted molar refractivity (Wildman–Crippen MR) is 75.6 cm³/mol. The van der Waals surface area contributed by atoms with Crippen LogP contribution in [0.15, 0.2) is 16.5 Å². The van der Waals surface area contributed by atoms with E-state index in [1.54, 1.807) is 4.68 Å². The highest BCUT2D eigenvalue weighted by atomic mass is 35.5. The van der Waals surface area contributed by atoms with Crippen molar-refractivity contribution in [1.29, 1.82) is 0 Å². The molecule has 102 valence electrons. The first-order valence-corrected chi connectivity index (χ1v) is 7.05. The monoisotopic (exact) mass is 297 g/mol. The first-order chi connectivity index (χ1) is 8.79. The van der Waals surface area contributed by atoms with Crippen LogP contribution in [-0.4, -0.2) is 24.7 Å². The van der Waals surface area contributed by atoms with Crippen LogP contribution in [0.2, 0.25) is 5.15 Å². The summed E-state index contributed by atoms with van der Waals surface area (Å²) in [6.45, 7) is 8.09. The molecule has 0 saturated carbocycles. The Morgan fingerprint density at radius 2 is 1.95 bits per heavy atom. The molecule has 5 nitrogen and oxygen atoms in total. The van der Waals surface area contributed by atoms with E-state index < -0.39 is 0 Å². The Labute approximate surface area is 121 Å². The second-order valence-corrected chi connectivity index (χ2v) is 6.60. The Balaban J connectivity index is 2.45. The normalized spacial score (nSPS) is 11.9. The quantitative estimate of drug-likeness (QED) is 0.798. The third-order valence-electron chi connectivity index (χ3n) is 2.57. The third-order valence-corrected chi connectivity index (χ3v) is 4.08. The molecule has 0 amide bonds. The Kier molecular flexibility index (Phi) is 3.82. The summed E-state index contributed by atoms with van der Waals surface area (Å²) in [7, 11) is 1.85. The topological polar surface area (TPSA) is 56.5 Å². The van der Waals surface area contributed by atoms with Crippen LogP contribution in [0.5, 0.6) is 0 Å². The zero-order valence-corrected chi connectivity index (χ0v) is 13.2. The van der Waals surface area contributed by atoms with Crippen molar-refractivity contribution >= 4 is 23.4 Å². The lowest BCUT2D eigenvalue weighted by atomic mass is 9.96. The average Bonchev–Trinajstić information content (AvgIpc) is 2.69. The maximum Gasteiger partial charge on any atom is 0.192 e. The lowest BCUT2D eigenvalue weighted by Crippen LogP contribution is -2.17. The van der Waals surface area contributed by atoms with Crippen molar-refractivity contribution in [1.82, 2.24) is 24.7 Å². The van der Waals surface area contributed by atoms with Crippen LogP contribution in [0.1, 0.15) is 32.2 Å². The molecule has 0 spiro atoms. The van der Waals surface area contributed by atoms with E-state index in [1.807, 2.05) is 14.0 Å². The van der Waals surface area contributed by atoms with Crippen molar-refractivity contribution in [3.8, 4) is 0 Å². The fourth-order valence-corrected chi connectivity index (χ4v) is 2.43. The molecule has 7 heteroatoms. The molecule has 0 N–H and O–H groups in total. The molecule has 0 fully saturated rings. The Morgan fingerprint density at radius 3 is 2.47 bits per heavy atom. The molecule has 2 heterocycles. The molecule has 0 aromatic carbocycles. The molecule has 0 aliphatic rings. The van der Waals surface area contributed by atoms with Crippen LogP contribution < -0.4 is 0 Å². The molecular weight excluding hydrogens is 282 g/mol. The minimum Gasteiger partial charge on any atom is -0.244 e. The average molecular weight is 298 g/mol. The lowest BCUT2D eigenvalue weighted by molar-refractivity contribution is 0.537. The number of halogens is 1. The number of rotatable bonds is 2. The van der Waals surface area contributed by atoms with E-state index in [9.17, 15) is 0 Å². The van der Waals surface area contributed by atoms with Gasteiger partial charge in [-0.3, -0.25) is 0 Å². The van der Waals surface area contributed by atoms with Crippen LogP contribution in [-0.2, 0) is 12.5 Å². The van der Waals surface area contributed by atoms with Gasteiger partial charge in [0.15, 0.2) is 5.16 Å². The van der Waals surface area contributed by atoms with Gasteiger partial charge in [0.05, 0.1) is 0 Å². The second kappa shape index (κ2) is 5.09. The van der Waals surface area contributed by atoms with Gasteiger partial charge in [-0.05, 0) is 18.7 Å². The van der Waals surface area contributed by atoms with Gasteiger partial charge in [0.25, 0.3) is 0 Å². The second-order valence-electron chi connectivity index (χ2n) is 5.29. The Hall–Kier alpha value is -1.14. The highest BCUT2D eigenvalue weighted by Crippen LogP contribution is 2.31. The molecule has 0 aliphatic heterocycles. The summed E-state index contributed by atoms with van der Waals surface area (Å²) in [6.07, 6.45) is 1.52. The lowest BCUT2D eigenvalue weighted by Gasteiger charge is -2.18. The molecule has 0 aliphatic carbocycles. The van der Waals surface area contributed by atoms with E-state index in [2.05, 4.69) is 40.8 Å². The van der Waals surface area contributed by atoms with Gasteiger partial charge in [0, 0.05) is 18.0 Å². The van der Waals surface area contributed by atoms with Crippen LogP contribution in [0.3, 0.4) is 0 Å². The van der Waals surface area contributed by atoms with Crippen molar-refractivity contribution in [2.24, 2.45) is 7.05 Å². The predicted octanol–water partition coefficient (Wildman–Crippen LogP) is 3.02. The maximum absolute atomic E-state index is 6.20. The highest BCUT2D eigenvalue weighted by molar-refractivity contribution is 7.99. The molecule has 0 atom stereocenters. The molecule has 0 saturated heterocycles. The van der Waals surface area contributed by atoms with Gasteiger partial charge in [0.2, 0.25) is 0 Å². The minimum atomic E-state index is -0.146. The Bertz CT molecular complexity index is 603. The minimum absolute atomic E-state index is 0.146. The van der Waals surface area contributed by atoms with Gasteiger partial charge in [-0.1, -0.05) is 32.4 Å². The van der Waals surface area contributed by atoms with Crippen LogP contribution >= 0.6 is 23.4 Å². The third kappa shape index (κ3) is 3.06. The van der Waals surface area contributed by atoms with E-state index in [0.717, 1.165) is 21.6 Å². The van der Waals surface area contributed by atoms with E-state index in [4.69, 9.17) is 11.6 Å². The van der Waals surface area contributed by atoms with E-state index in [-0.39, 0.29) is 5.41 Å². The summed E-state index contributed by atoms with van der Waals surface area (Å²) in [5.41, 5.74) is 0.717. The van der Waals surface area contributed by atoms with Gasteiger partial charge >= 0.3 is 0 Å². The summed E-state index contributed by atoms with van der Waals surface area (Å²) in [5, 5.41) is 6.13. The number of hydrogen-bond acceptors (Lipinski definition) is 5. The number of hydrogen-bond donors (Lipinski definition) is 0. The summed E-state index contributed by atoms with van der Waals surface area (Å²) in [4.78, 5) is 13.1. The number of nitrogens with zero attached hydrogens (tertiary/aromatic N) is 5. The Morgan fingerprint density at radius 1 is 1.26 bits per heavy atom. The van der Waals surface area contributed by atoms with Crippen LogP contribution in [0, 0.1) is 6.92 Å². The molecule has 2 rings (SSSR count). The molecule has 0 unspecified atom stereocenters. The van der Waals surface area contributed by atoms with E-state index in [0.29, 0.717) is 5.15 Å². The van der Waals surface area contributed by atoms with Gasteiger partial charge in [-0.2, -0.15) is 5.10 Å². The molecule has 2 aromatic heterocycles. The van der Waals surface area contributed by atoms with E-state index >= 15 is 0 Å². The molecule has 19 heavy (non-hydrogen) atoms. The van der Waals surface area contributed by atoms with E-state index in [1.165, 1.54) is 18.1 Å². The standard InChI is InChI=1S/C12H16ClN5S/c1-7-8(13)16-10(12(2,3)4)17-9(7)19-11-14-6-15-18(11)5/h6H,1-5H3. The first kappa shape index (κ1) is 14.3. The fourth-order valence-electron chi connectivity index (χ4n) is 1.37. The maximum atomic E-state index is 6.20. The van der Waals surface area contributed by atoms with Crippen LogP contribution in [0.4, 0.5) is 0 Å². The molecule has 0 radical (unpaired) electrons. The largest absolute Gasteiger partial charge is 0.244 e. The molecule has 2 aromatic rings. The summed E-state index contributed by atoms with van der Waals surface area (Å²) in [6, 6.07) is 0. The van der Waals surface area contributed by atoms with Gasteiger partial charge in [-0.15, -0.1) is 0 Å². The highest BCUT2D eigenvalue weighted by Gasteiger charge is 2.21. The van der Waals surface area contributed by atoms with Gasteiger partial charge < -0.3 is 0 Å². The molecule has 0 bridgehead atoms. The van der Waals surface area contributed by atoms with Crippen molar-refractivity contribution in [2.45, 2.75) is 43.3 Å². The van der Waals surface area contributed by atoms with Crippen LogP contribution in [0.25, 0.3) is 0 Å². The molecular formula is C12H16ClN5S. The summed E-state index contributed by atoms with van der Waals surface area (Å²) >= 11 is 7.64. The van der Waals surface area contributed by atoms with Crippen molar-refractivity contribution < 1.29 is 0 Å². The SMILES string of the molecule is Cc1c(Cl)nc(C(C)(C)C)nc1Sc1ncnn1C. The van der Waals surface area contributed by atoms with Gasteiger partial charge in [0.1, 0.15) is 22.3 Å². The van der Waals surface area contributed by atoms with Crippen molar-refractivity contribution in [2.75, 3.05) is 0 Å². The number of aromatic nitrogens is 5. The number of aryl methyl sites for hydroxylation is 1. The zero-order valence-electron chi connectivity index (χ0n) is 11.6. The zero-order chi connectivity index (χ0) is 14.2. The van der Waals surface area contributed by atoms with Crippen molar-refractivity contribution in [3.63, 3.8) is 0 Å². The first-order valence-electron chi connectivity index (χ1n) is 5.85. The summed E-state index contributed by atoms with van der Waals surface area (Å²) < 4.78 is 1.71. The van der Waals surface area contributed by atoms with Crippen molar-refractivity contribution in [3.05, 3.63) is 22.9 Å². The smallest absolute Gasteiger partial charge is 0.192 e. The fraction of sp³-hybridized carbons (Fsp3) is 0.500. The van der Waals surface area contributed by atoms with Gasteiger partial charge in [-0.25, -0.2) is 19.6 Å². The summed E-state index contributed by atoms with van der Waals surface area (Å²) in [5.74, 6) is 0.729.